The number of aromatic hydroxyl groups is 2. The lowest BCUT2D eigenvalue weighted by Crippen LogP contribution is -1.90. The molecular formula is C5H4O4S. The molecule has 0 aliphatic heterocycles. The molecule has 0 fully saturated rings. The third kappa shape index (κ3) is 0.906. The van der Waals surface area contributed by atoms with Gasteiger partial charge >= 0.3 is 5.97 Å². The second-order valence-corrected chi connectivity index (χ2v) is 2.48. The maximum atomic E-state index is 10.2. The van der Waals surface area contributed by atoms with Gasteiger partial charge in [-0.15, -0.1) is 11.3 Å². The van der Waals surface area contributed by atoms with Crippen LogP contribution in [0.2, 0.25) is 0 Å². The molecule has 0 unspecified atom stereocenters. The highest BCUT2D eigenvalue weighted by molar-refractivity contribution is 7.12. The highest BCUT2D eigenvalue weighted by Crippen LogP contribution is 2.34. The average molecular weight is 160 g/mol. The second-order valence-electron chi connectivity index (χ2n) is 1.60. The lowest BCUT2D eigenvalue weighted by molar-refractivity contribution is 0.0699. The van der Waals surface area contributed by atoms with Gasteiger partial charge in [0.1, 0.15) is 0 Å². The predicted molar refractivity (Wildman–Crippen MR) is 34.6 cm³/mol. The molecule has 0 aliphatic rings. The zero-order valence-corrected chi connectivity index (χ0v) is 5.55. The Morgan fingerprint density at radius 3 is 2.30 bits per heavy atom. The van der Waals surface area contributed by atoms with Crippen molar-refractivity contribution in [2.75, 3.05) is 0 Å². The fourth-order valence-electron chi connectivity index (χ4n) is 0.494. The molecule has 1 heterocycles. The second kappa shape index (κ2) is 2.18. The van der Waals surface area contributed by atoms with Gasteiger partial charge in [-0.3, -0.25) is 0 Å². The third-order valence-electron chi connectivity index (χ3n) is 0.940. The minimum atomic E-state index is -1.23. The van der Waals surface area contributed by atoms with E-state index in [1.165, 1.54) is 5.38 Å². The summed E-state index contributed by atoms with van der Waals surface area (Å²) >= 11 is 0.785. The molecule has 0 radical (unpaired) electrons. The molecule has 0 aliphatic carbocycles. The molecule has 1 rings (SSSR count). The van der Waals surface area contributed by atoms with Crippen molar-refractivity contribution in [3.63, 3.8) is 0 Å². The van der Waals surface area contributed by atoms with Crippen molar-refractivity contribution in [1.82, 2.24) is 0 Å². The van der Waals surface area contributed by atoms with Crippen LogP contribution in [0.4, 0.5) is 0 Å². The molecule has 0 saturated heterocycles. The Kier molecular flexibility index (Phi) is 1.50. The zero-order chi connectivity index (χ0) is 7.72. The van der Waals surface area contributed by atoms with Crippen LogP contribution in [0, 0.1) is 0 Å². The van der Waals surface area contributed by atoms with Gasteiger partial charge in [0.25, 0.3) is 0 Å². The van der Waals surface area contributed by atoms with Crippen LogP contribution in [-0.4, -0.2) is 21.3 Å². The maximum Gasteiger partial charge on any atom is 0.349 e. The molecule has 0 saturated carbocycles. The van der Waals surface area contributed by atoms with E-state index in [9.17, 15) is 4.79 Å². The number of hydrogen-bond donors (Lipinski definition) is 3. The van der Waals surface area contributed by atoms with Gasteiger partial charge in [-0.05, 0) is 0 Å². The monoisotopic (exact) mass is 160 g/mol. The molecule has 0 aromatic carbocycles. The minimum Gasteiger partial charge on any atom is -0.504 e. The van der Waals surface area contributed by atoms with Gasteiger partial charge < -0.3 is 15.3 Å². The van der Waals surface area contributed by atoms with E-state index in [1.54, 1.807) is 0 Å². The molecule has 0 bridgehead atoms. The fourth-order valence-corrected chi connectivity index (χ4v) is 1.15. The van der Waals surface area contributed by atoms with E-state index in [0.717, 1.165) is 11.3 Å². The van der Waals surface area contributed by atoms with E-state index in [4.69, 9.17) is 15.3 Å². The molecule has 0 amide bonds. The first-order valence-electron chi connectivity index (χ1n) is 2.35. The summed E-state index contributed by atoms with van der Waals surface area (Å²) in [7, 11) is 0. The normalized spacial score (nSPS) is 9.60. The summed E-state index contributed by atoms with van der Waals surface area (Å²) in [6.45, 7) is 0. The molecule has 5 heteroatoms. The van der Waals surface area contributed by atoms with Crippen LogP contribution in [0.15, 0.2) is 5.38 Å². The Balaban J connectivity index is 3.17. The molecule has 4 nitrogen and oxygen atoms in total. The highest BCUT2D eigenvalue weighted by Gasteiger charge is 2.14. The first-order chi connectivity index (χ1) is 4.63. The fraction of sp³-hybridized carbons (Fsp3) is 0. The molecule has 3 N–H and O–H groups in total. The number of carboxylic acids is 1. The number of aromatic carboxylic acids is 1. The van der Waals surface area contributed by atoms with E-state index in [2.05, 4.69) is 0 Å². The third-order valence-corrected chi connectivity index (χ3v) is 1.89. The summed E-state index contributed by atoms with van der Waals surface area (Å²) in [6.07, 6.45) is 0. The van der Waals surface area contributed by atoms with Gasteiger partial charge in [-0.25, -0.2) is 4.79 Å². The van der Waals surface area contributed by atoms with Gasteiger partial charge in [0.2, 0.25) is 0 Å². The SMILES string of the molecule is O=C(O)c1scc(O)c1O. The standard InChI is InChI=1S/C5H4O4S/c6-2-1-10-4(3(2)7)5(8)9/h1,6-7H,(H,8,9). The first kappa shape index (κ1) is 6.88. The van der Waals surface area contributed by atoms with E-state index in [0.29, 0.717) is 0 Å². The van der Waals surface area contributed by atoms with Crippen LogP contribution < -0.4 is 0 Å². The minimum absolute atomic E-state index is 0.238. The summed E-state index contributed by atoms with van der Waals surface area (Å²) in [5.41, 5.74) is 0. The summed E-state index contributed by atoms with van der Waals surface area (Å²) in [6, 6.07) is 0. The molecule has 10 heavy (non-hydrogen) atoms. The molecule has 0 atom stereocenters. The van der Waals surface area contributed by atoms with Gasteiger partial charge in [0.05, 0.1) is 0 Å². The number of thiophene rings is 1. The van der Waals surface area contributed by atoms with Crippen LogP contribution in [0.1, 0.15) is 9.67 Å². The van der Waals surface area contributed by atoms with Gasteiger partial charge in [-0.1, -0.05) is 0 Å². The summed E-state index contributed by atoms with van der Waals surface area (Å²) in [4.78, 5) is 9.94. The van der Waals surface area contributed by atoms with Crippen molar-refractivity contribution in [2.24, 2.45) is 0 Å². The summed E-state index contributed by atoms with van der Waals surface area (Å²) < 4.78 is 0. The number of hydrogen-bond acceptors (Lipinski definition) is 4. The van der Waals surface area contributed by atoms with E-state index < -0.39 is 11.7 Å². The first-order valence-corrected chi connectivity index (χ1v) is 3.23. The van der Waals surface area contributed by atoms with Crippen LogP contribution in [0.25, 0.3) is 0 Å². The molecule has 0 spiro atoms. The van der Waals surface area contributed by atoms with Crippen LogP contribution >= 0.6 is 11.3 Å². The Morgan fingerprint density at radius 1 is 1.50 bits per heavy atom. The van der Waals surface area contributed by atoms with Crippen molar-refractivity contribution in [2.45, 2.75) is 0 Å². The van der Waals surface area contributed by atoms with E-state index in [-0.39, 0.29) is 10.6 Å². The molecule has 1 aromatic heterocycles. The van der Waals surface area contributed by atoms with Crippen molar-refractivity contribution in [3.05, 3.63) is 10.3 Å². The van der Waals surface area contributed by atoms with Crippen molar-refractivity contribution in [3.8, 4) is 11.5 Å². The molecule has 54 valence electrons. The molecule has 1 aromatic rings. The van der Waals surface area contributed by atoms with Gasteiger partial charge in [0, 0.05) is 5.38 Å². The van der Waals surface area contributed by atoms with Crippen molar-refractivity contribution in [1.29, 1.82) is 0 Å². The highest BCUT2D eigenvalue weighted by atomic mass is 32.1. The predicted octanol–water partition coefficient (Wildman–Crippen LogP) is 0.857. The van der Waals surface area contributed by atoms with Gasteiger partial charge in [0.15, 0.2) is 16.4 Å². The smallest absolute Gasteiger partial charge is 0.349 e. The topological polar surface area (TPSA) is 77.8 Å². The van der Waals surface area contributed by atoms with E-state index >= 15 is 0 Å². The number of rotatable bonds is 1. The maximum absolute atomic E-state index is 10.2. The van der Waals surface area contributed by atoms with Crippen LogP contribution in [0.3, 0.4) is 0 Å². The summed E-state index contributed by atoms with van der Waals surface area (Å²) in [5, 5.41) is 27.0. The summed E-state index contributed by atoms with van der Waals surface area (Å²) in [5.74, 6) is -2.18. The lowest BCUT2D eigenvalue weighted by atomic mass is 10.4. The largest absolute Gasteiger partial charge is 0.504 e. The Hall–Kier alpha value is -1.23. The van der Waals surface area contributed by atoms with Gasteiger partial charge in [-0.2, -0.15) is 0 Å². The van der Waals surface area contributed by atoms with Crippen LogP contribution in [-0.2, 0) is 0 Å². The van der Waals surface area contributed by atoms with Crippen molar-refractivity contribution < 1.29 is 20.1 Å². The number of carboxylic acid groups (broad SMARTS) is 1. The van der Waals surface area contributed by atoms with Crippen LogP contribution in [0.5, 0.6) is 11.5 Å². The lowest BCUT2D eigenvalue weighted by Gasteiger charge is -1.88. The zero-order valence-electron chi connectivity index (χ0n) is 4.74. The quantitative estimate of drug-likeness (QED) is 0.569. The Labute approximate surface area is 60.0 Å². The van der Waals surface area contributed by atoms with Crippen molar-refractivity contribution >= 4 is 17.3 Å². The Bertz CT molecular complexity index is 265. The Morgan fingerprint density at radius 2 is 2.10 bits per heavy atom. The molecular weight excluding hydrogens is 156 g/mol. The average Bonchev–Trinajstić information content (AvgIpc) is 2.14. The van der Waals surface area contributed by atoms with E-state index in [1.807, 2.05) is 0 Å². The number of carbonyl (C=O) groups is 1.